The highest BCUT2D eigenvalue weighted by molar-refractivity contribution is 7.92. The molecule has 0 radical (unpaired) electrons. The molecular formula is C8H9ClN6O2S. The van der Waals surface area contributed by atoms with Crippen molar-refractivity contribution >= 4 is 33.4 Å². The molecule has 2 heterocycles. The van der Waals surface area contributed by atoms with Gasteiger partial charge >= 0.3 is 0 Å². The van der Waals surface area contributed by atoms with E-state index in [0.29, 0.717) is 0 Å². The molecule has 96 valence electrons. The summed E-state index contributed by atoms with van der Waals surface area (Å²) in [6, 6.07) is 1.21. The Kier molecular flexibility index (Phi) is 3.09. The van der Waals surface area contributed by atoms with E-state index in [-0.39, 0.29) is 21.7 Å². The number of halogens is 1. The van der Waals surface area contributed by atoms with Crippen LogP contribution in [0.2, 0.25) is 5.02 Å². The number of sulfonamides is 1. The largest absolute Gasteiger partial charge is 0.382 e. The van der Waals surface area contributed by atoms with Crippen LogP contribution in [0.15, 0.2) is 23.5 Å². The quantitative estimate of drug-likeness (QED) is 0.836. The number of aromatic nitrogens is 4. The fourth-order valence-corrected chi connectivity index (χ4v) is 2.38. The Labute approximate surface area is 108 Å². The zero-order valence-electron chi connectivity index (χ0n) is 9.20. The zero-order chi connectivity index (χ0) is 13.3. The molecule has 18 heavy (non-hydrogen) atoms. The van der Waals surface area contributed by atoms with Gasteiger partial charge in [-0.25, -0.2) is 22.8 Å². The van der Waals surface area contributed by atoms with E-state index in [0.717, 1.165) is 6.20 Å². The summed E-state index contributed by atoms with van der Waals surface area (Å²) < 4.78 is 27.5. The number of anilines is 2. The van der Waals surface area contributed by atoms with E-state index < -0.39 is 10.0 Å². The Hall–Kier alpha value is -1.87. The van der Waals surface area contributed by atoms with Crippen LogP contribution in [0.5, 0.6) is 0 Å². The van der Waals surface area contributed by atoms with Crippen molar-refractivity contribution < 1.29 is 8.42 Å². The lowest BCUT2D eigenvalue weighted by Crippen LogP contribution is -2.16. The molecule has 0 aromatic carbocycles. The second-order valence-electron chi connectivity index (χ2n) is 3.35. The first kappa shape index (κ1) is 12.6. The van der Waals surface area contributed by atoms with Crippen LogP contribution in [-0.2, 0) is 17.1 Å². The number of nitrogens with one attached hydrogen (secondary N) is 1. The summed E-state index contributed by atoms with van der Waals surface area (Å²) in [4.78, 5) is 7.32. The normalized spacial score (nSPS) is 11.4. The molecule has 0 aliphatic heterocycles. The highest BCUT2D eigenvalue weighted by Gasteiger charge is 2.18. The maximum absolute atomic E-state index is 12.0. The summed E-state index contributed by atoms with van der Waals surface area (Å²) in [5.41, 5.74) is 5.41. The first-order valence-electron chi connectivity index (χ1n) is 4.68. The second-order valence-corrected chi connectivity index (χ2v) is 5.44. The van der Waals surface area contributed by atoms with Gasteiger partial charge in [0, 0.05) is 13.2 Å². The predicted octanol–water partition coefficient (Wildman–Crippen LogP) is 0.246. The van der Waals surface area contributed by atoms with Crippen LogP contribution in [0.1, 0.15) is 0 Å². The van der Waals surface area contributed by atoms with Crippen LogP contribution in [0.4, 0.5) is 11.8 Å². The fourth-order valence-electron chi connectivity index (χ4n) is 1.15. The Morgan fingerprint density at radius 1 is 1.44 bits per heavy atom. The van der Waals surface area contributed by atoms with Gasteiger partial charge < -0.3 is 5.73 Å². The van der Waals surface area contributed by atoms with Crippen LogP contribution >= 0.6 is 11.6 Å². The minimum Gasteiger partial charge on any atom is -0.382 e. The van der Waals surface area contributed by atoms with Gasteiger partial charge in [-0.3, -0.25) is 0 Å². The minimum absolute atomic E-state index is 0.0641. The van der Waals surface area contributed by atoms with E-state index in [1.165, 1.54) is 17.1 Å². The molecule has 2 rings (SSSR count). The molecule has 0 aliphatic carbocycles. The summed E-state index contributed by atoms with van der Waals surface area (Å²) in [6.45, 7) is 0. The van der Waals surface area contributed by atoms with E-state index in [9.17, 15) is 8.42 Å². The van der Waals surface area contributed by atoms with Crippen LogP contribution in [0, 0.1) is 0 Å². The molecule has 0 unspecified atom stereocenters. The van der Waals surface area contributed by atoms with Gasteiger partial charge in [0.1, 0.15) is 17.0 Å². The number of hydrogen-bond donors (Lipinski definition) is 2. The van der Waals surface area contributed by atoms with Crippen LogP contribution < -0.4 is 10.5 Å². The van der Waals surface area contributed by atoms with Crippen LogP contribution in [0.25, 0.3) is 0 Å². The van der Waals surface area contributed by atoms with E-state index in [4.69, 9.17) is 17.3 Å². The molecule has 3 N–H and O–H groups in total. The van der Waals surface area contributed by atoms with Crippen molar-refractivity contribution in [3.8, 4) is 0 Å². The molecule has 2 aromatic rings. The van der Waals surface area contributed by atoms with Gasteiger partial charge in [0.15, 0.2) is 0 Å². The van der Waals surface area contributed by atoms with Crippen molar-refractivity contribution in [2.45, 2.75) is 4.90 Å². The lowest BCUT2D eigenvalue weighted by Gasteiger charge is -2.07. The molecule has 8 nitrogen and oxygen atoms in total. The standard InChI is InChI=1S/C8H9ClN6O2S/c1-15-8(12-4-13-15)14-18(16,17)5-2-6(9)7(10)11-3-5/h2-4H,1H3,(H2,10,11)(H,12,13,14). The van der Waals surface area contributed by atoms with Crippen molar-refractivity contribution in [1.82, 2.24) is 19.7 Å². The summed E-state index contributed by atoms with van der Waals surface area (Å²) >= 11 is 5.72. The average molecular weight is 289 g/mol. The molecular weight excluding hydrogens is 280 g/mol. The molecule has 0 bridgehead atoms. The van der Waals surface area contributed by atoms with Crippen molar-refractivity contribution in [3.63, 3.8) is 0 Å². The fraction of sp³-hybridized carbons (Fsp3) is 0.125. The number of nitrogen functional groups attached to an aromatic ring is 1. The van der Waals surface area contributed by atoms with Crippen molar-refractivity contribution in [2.75, 3.05) is 10.5 Å². The molecule has 0 amide bonds. The Balaban J connectivity index is 2.37. The van der Waals surface area contributed by atoms with E-state index >= 15 is 0 Å². The molecule has 0 fully saturated rings. The Morgan fingerprint density at radius 3 is 2.72 bits per heavy atom. The van der Waals surface area contributed by atoms with Gasteiger partial charge in [0.25, 0.3) is 10.0 Å². The van der Waals surface area contributed by atoms with Gasteiger partial charge in [-0.15, -0.1) is 0 Å². The molecule has 0 spiro atoms. The highest BCUT2D eigenvalue weighted by Crippen LogP contribution is 2.21. The lowest BCUT2D eigenvalue weighted by atomic mass is 10.5. The number of hydrogen-bond acceptors (Lipinski definition) is 6. The Morgan fingerprint density at radius 2 is 2.17 bits per heavy atom. The first-order valence-corrected chi connectivity index (χ1v) is 6.54. The number of nitrogens with two attached hydrogens (primary N) is 1. The van der Waals surface area contributed by atoms with Crippen molar-refractivity contribution in [1.29, 1.82) is 0 Å². The number of aryl methyl sites for hydroxylation is 1. The molecule has 2 aromatic heterocycles. The second kappa shape index (κ2) is 4.42. The maximum atomic E-state index is 12.0. The lowest BCUT2D eigenvalue weighted by molar-refractivity contribution is 0.599. The van der Waals surface area contributed by atoms with Gasteiger partial charge in [0.05, 0.1) is 5.02 Å². The zero-order valence-corrected chi connectivity index (χ0v) is 10.8. The highest BCUT2D eigenvalue weighted by atomic mass is 35.5. The molecule has 0 saturated heterocycles. The summed E-state index contributed by atoms with van der Waals surface area (Å²) in [5.74, 6) is 0.150. The third-order valence-corrected chi connectivity index (χ3v) is 3.69. The SMILES string of the molecule is Cn1ncnc1NS(=O)(=O)c1cnc(N)c(Cl)c1. The van der Waals surface area contributed by atoms with Crippen molar-refractivity contribution in [3.05, 3.63) is 23.6 Å². The number of rotatable bonds is 3. The van der Waals surface area contributed by atoms with Crippen LogP contribution in [-0.4, -0.2) is 28.2 Å². The van der Waals surface area contributed by atoms with E-state index in [1.54, 1.807) is 7.05 Å². The third-order valence-electron chi connectivity index (χ3n) is 2.09. The van der Waals surface area contributed by atoms with Gasteiger partial charge in [-0.2, -0.15) is 10.1 Å². The predicted molar refractivity (Wildman–Crippen MR) is 65.5 cm³/mol. The summed E-state index contributed by atoms with van der Waals surface area (Å²) in [5, 5.41) is 3.81. The molecule has 0 aliphatic rings. The molecule has 0 saturated carbocycles. The summed E-state index contributed by atoms with van der Waals surface area (Å²) in [7, 11) is -2.27. The summed E-state index contributed by atoms with van der Waals surface area (Å²) in [6.07, 6.45) is 2.34. The maximum Gasteiger partial charge on any atom is 0.265 e. The van der Waals surface area contributed by atoms with Crippen LogP contribution in [0.3, 0.4) is 0 Å². The van der Waals surface area contributed by atoms with E-state index in [1.807, 2.05) is 0 Å². The smallest absolute Gasteiger partial charge is 0.265 e. The average Bonchev–Trinajstić information content (AvgIpc) is 2.67. The van der Waals surface area contributed by atoms with Gasteiger partial charge in [-0.05, 0) is 6.07 Å². The van der Waals surface area contributed by atoms with Gasteiger partial charge in [-0.1, -0.05) is 11.6 Å². The monoisotopic (exact) mass is 288 g/mol. The third kappa shape index (κ3) is 2.36. The minimum atomic E-state index is -3.82. The van der Waals surface area contributed by atoms with Gasteiger partial charge in [0.2, 0.25) is 5.95 Å². The van der Waals surface area contributed by atoms with E-state index in [2.05, 4.69) is 19.8 Å². The number of nitrogens with zero attached hydrogens (tertiary/aromatic N) is 4. The van der Waals surface area contributed by atoms with Crippen molar-refractivity contribution in [2.24, 2.45) is 7.05 Å². The molecule has 10 heteroatoms. The molecule has 0 atom stereocenters. The first-order chi connectivity index (χ1) is 8.40. The Bertz CT molecular complexity index is 683. The number of pyridine rings is 1. The topological polar surface area (TPSA) is 116 Å².